The Labute approximate surface area is 166 Å². The van der Waals surface area contributed by atoms with Gasteiger partial charge in [-0.2, -0.15) is 0 Å². The molecule has 0 saturated heterocycles. The molecule has 0 heterocycles. The fourth-order valence-electron chi connectivity index (χ4n) is 3.68. The summed E-state index contributed by atoms with van der Waals surface area (Å²) in [4.78, 5) is 10.1. The van der Waals surface area contributed by atoms with Gasteiger partial charge in [-0.3, -0.25) is 4.79 Å². The maximum atomic E-state index is 10.1. The predicted molar refractivity (Wildman–Crippen MR) is 117 cm³/mol. The average Bonchev–Trinajstić information content (AvgIpc) is 2.59. The standard InChI is InChI=1S/C25H49O/c1-25(2,3)23-21-19-17-15-13-11-9-7-5-4-6-8-10-12-14-16-18-20-22-24-26/h4-23H2,1-3H3. The van der Waals surface area contributed by atoms with Crippen LogP contribution in [0.5, 0.6) is 0 Å². The molecule has 0 aromatic carbocycles. The van der Waals surface area contributed by atoms with Gasteiger partial charge in [0, 0.05) is 6.42 Å². The van der Waals surface area contributed by atoms with Crippen molar-refractivity contribution in [2.45, 2.75) is 149 Å². The molecular weight excluding hydrogens is 316 g/mol. The van der Waals surface area contributed by atoms with Crippen LogP contribution in [0.4, 0.5) is 0 Å². The Morgan fingerprint density at radius 3 is 1.00 bits per heavy atom. The SMILES string of the molecule is CC(C)(C)CCCCCCCCCCCCCCCCCCCC[C]=O. The van der Waals surface area contributed by atoms with Crippen molar-refractivity contribution >= 4 is 6.29 Å². The third kappa shape index (κ3) is 23.7. The van der Waals surface area contributed by atoms with Crippen molar-refractivity contribution in [3.8, 4) is 0 Å². The van der Waals surface area contributed by atoms with Gasteiger partial charge in [-0.25, -0.2) is 0 Å². The second kappa shape index (κ2) is 19.4. The first-order valence-electron chi connectivity index (χ1n) is 11.9. The minimum atomic E-state index is 0.524. The van der Waals surface area contributed by atoms with Gasteiger partial charge in [0.15, 0.2) is 6.29 Å². The predicted octanol–water partition coefficient (Wildman–Crippen LogP) is 8.94. The normalized spacial score (nSPS) is 11.8. The highest BCUT2D eigenvalue weighted by atomic mass is 16.1. The van der Waals surface area contributed by atoms with E-state index >= 15 is 0 Å². The Bertz CT molecular complexity index is 276. The van der Waals surface area contributed by atoms with Crippen molar-refractivity contribution < 1.29 is 4.79 Å². The van der Waals surface area contributed by atoms with Crippen molar-refractivity contribution in [2.75, 3.05) is 0 Å². The summed E-state index contributed by atoms with van der Waals surface area (Å²) in [6, 6.07) is 0. The summed E-state index contributed by atoms with van der Waals surface area (Å²) in [6.45, 7) is 7.06. The van der Waals surface area contributed by atoms with Crippen molar-refractivity contribution in [3.05, 3.63) is 0 Å². The largest absolute Gasteiger partial charge is 0.291 e. The fraction of sp³-hybridized carbons (Fsp3) is 0.960. The van der Waals surface area contributed by atoms with E-state index in [0.29, 0.717) is 11.8 Å². The van der Waals surface area contributed by atoms with Gasteiger partial charge in [-0.05, 0) is 18.3 Å². The molecule has 1 nitrogen and oxygen atoms in total. The minimum absolute atomic E-state index is 0.524. The molecule has 0 rings (SSSR count). The molecule has 0 aromatic rings. The average molecular weight is 366 g/mol. The number of carbonyl (C=O) groups excluding carboxylic acids is 1. The Morgan fingerprint density at radius 1 is 0.462 bits per heavy atom. The van der Waals surface area contributed by atoms with E-state index in [9.17, 15) is 4.79 Å². The molecule has 0 bridgehead atoms. The first kappa shape index (κ1) is 25.7. The number of rotatable bonds is 20. The van der Waals surface area contributed by atoms with E-state index in [1.807, 2.05) is 6.29 Å². The van der Waals surface area contributed by atoms with E-state index in [4.69, 9.17) is 0 Å². The summed E-state index contributed by atoms with van der Waals surface area (Å²) in [5.74, 6) is 0. The van der Waals surface area contributed by atoms with Crippen LogP contribution in [0, 0.1) is 5.41 Å². The molecule has 0 aliphatic carbocycles. The van der Waals surface area contributed by atoms with E-state index in [0.717, 1.165) is 6.42 Å². The molecule has 1 heteroatoms. The zero-order valence-electron chi connectivity index (χ0n) is 18.6. The topological polar surface area (TPSA) is 17.1 Å². The van der Waals surface area contributed by atoms with Crippen molar-refractivity contribution in [2.24, 2.45) is 5.41 Å². The van der Waals surface area contributed by atoms with Gasteiger partial charge in [0.2, 0.25) is 0 Å². The van der Waals surface area contributed by atoms with Gasteiger partial charge < -0.3 is 0 Å². The van der Waals surface area contributed by atoms with Crippen LogP contribution in [-0.4, -0.2) is 6.29 Å². The molecular formula is C25H49O. The van der Waals surface area contributed by atoms with E-state index in [2.05, 4.69) is 20.8 Å². The summed E-state index contributed by atoms with van der Waals surface area (Å²) in [6.07, 6.45) is 29.1. The molecule has 0 atom stereocenters. The van der Waals surface area contributed by atoms with Gasteiger partial charge in [0.25, 0.3) is 0 Å². The van der Waals surface area contributed by atoms with Crippen molar-refractivity contribution in [1.29, 1.82) is 0 Å². The van der Waals surface area contributed by atoms with Crippen LogP contribution in [0.3, 0.4) is 0 Å². The zero-order chi connectivity index (χ0) is 19.3. The molecule has 0 unspecified atom stereocenters. The van der Waals surface area contributed by atoms with E-state index in [1.165, 1.54) is 116 Å². The summed E-state index contributed by atoms with van der Waals surface area (Å²) >= 11 is 0. The lowest BCUT2D eigenvalue weighted by molar-refractivity contribution is 0.356. The third-order valence-electron chi connectivity index (χ3n) is 5.46. The smallest absolute Gasteiger partial charge is 0.198 e. The van der Waals surface area contributed by atoms with Crippen LogP contribution in [0.2, 0.25) is 0 Å². The lowest BCUT2D eigenvalue weighted by Crippen LogP contribution is -2.03. The molecule has 0 fully saturated rings. The highest BCUT2D eigenvalue weighted by Crippen LogP contribution is 2.22. The molecule has 0 aliphatic rings. The molecule has 1 radical (unpaired) electrons. The second-order valence-corrected chi connectivity index (χ2v) is 9.57. The quantitative estimate of drug-likeness (QED) is 0.197. The van der Waals surface area contributed by atoms with Crippen molar-refractivity contribution in [1.82, 2.24) is 0 Å². The summed E-state index contributed by atoms with van der Waals surface area (Å²) in [5.41, 5.74) is 0.524. The number of unbranched alkanes of at least 4 members (excludes halogenated alkanes) is 18. The summed E-state index contributed by atoms with van der Waals surface area (Å²) < 4.78 is 0. The third-order valence-corrected chi connectivity index (χ3v) is 5.46. The summed E-state index contributed by atoms with van der Waals surface area (Å²) in [7, 11) is 0. The van der Waals surface area contributed by atoms with Crippen molar-refractivity contribution in [3.63, 3.8) is 0 Å². The molecule has 0 amide bonds. The van der Waals surface area contributed by atoms with Gasteiger partial charge >= 0.3 is 0 Å². The lowest BCUT2D eigenvalue weighted by Gasteiger charge is -2.17. The molecule has 0 spiro atoms. The van der Waals surface area contributed by atoms with Gasteiger partial charge in [-0.1, -0.05) is 130 Å². The summed E-state index contributed by atoms with van der Waals surface area (Å²) in [5, 5.41) is 0. The molecule has 0 saturated carbocycles. The van der Waals surface area contributed by atoms with Crippen LogP contribution >= 0.6 is 0 Å². The van der Waals surface area contributed by atoms with Crippen LogP contribution in [0.15, 0.2) is 0 Å². The fourth-order valence-corrected chi connectivity index (χ4v) is 3.68. The maximum Gasteiger partial charge on any atom is 0.198 e. The second-order valence-electron chi connectivity index (χ2n) is 9.57. The molecule has 155 valence electrons. The number of hydrogen-bond donors (Lipinski definition) is 0. The lowest BCUT2D eigenvalue weighted by atomic mass is 9.89. The molecule has 26 heavy (non-hydrogen) atoms. The van der Waals surface area contributed by atoms with E-state index in [-0.39, 0.29) is 0 Å². The maximum absolute atomic E-state index is 10.1. The molecule has 0 aromatic heterocycles. The Kier molecular flexibility index (Phi) is 19.2. The molecule has 0 N–H and O–H groups in total. The van der Waals surface area contributed by atoms with Crippen LogP contribution in [0.1, 0.15) is 149 Å². The Balaban J connectivity index is 3.02. The zero-order valence-corrected chi connectivity index (χ0v) is 18.6. The molecule has 0 aliphatic heterocycles. The highest BCUT2D eigenvalue weighted by molar-refractivity contribution is 5.50. The highest BCUT2D eigenvalue weighted by Gasteiger charge is 2.08. The van der Waals surface area contributed by atoms with Gasteiger partial charge in [0.1, 0.15) is 0 Å². The first-order chi connectivity index (χ1) is 12.6. The van der Waals surface area contributed by atoms with Crippen LogP contribution in [0.25, 0.3) is 0 Å². The number of hydrogen-bond acceptors (Lipinski definition) is 1. The minimum Gasteiger partial charge on any atom is -0.291 e. The van der Waals surface area contributed by atoms with Crippen LogP contribution < -0.4 is 0 Å². The van der Waals surface area contributed by atoms with Gasteiger partial charge in [0.05, 0.1) is 0 Å². The van der Waals surface area contributed by atoms with Crippen LogP contribution in [-0.2, 0) is 4.79 Å². The Morgan fingerprint density at radius 2 is 0.731 bits per heavy atom. The monoisotopic (exact) mass is 365 g/mol. The van der Waals surface area contributed by atoms with E-state index < -0.39 is 0 Å². The first-order valence-corrected chi connectivity index (χ1v) is 11.9. The van der Waals surface area contributed by atoms with E-state index in [1.54, 1.807) is 0 Å². The Hall–Kier alpha value is -0.330. The van der Waals surface area contributed by atoms with Gasteiger partial charge in [-0.15, -0.1) is 0 Å².